The zero-order chi connectivity index (χ0) is 15.4. The van der Waals surface area contributed by atoms with Gasteiger partial charge < -0.3 is 14.7 Å². The van der Waals surface area contributed by atoms with Crippen molar-refractivity contribution in [3.8, 4) is 0 Å². The number of piperazine rings is 1. The standard InChI is InChI=1S/C14H17ClN2O4/c1-21-13(18)12-8-11(15)3-2-10(12)9-16-4-6-17(7-5-16)14(19)20/h2-3,8H,4-7,9H2,1H3,(H,19,20). The van der Waals surface area contributed by atoms with Crippen LogP contribution in [0.4, 0.5) is 4.79 Å². The van der Waals surface area contributed by atoms with Crippen molar-refractivity contribution >= 4 is 23.7 Å². The molecular formula is C14H17ClN2O4. The Balaban J connectivity index is 2.07. The molecule has 2 rings (SSSR count). The SMILES string of the molecule is COC(=O)c1cc(Cl)ccc1CN1CCN(C(=O)O)CC1. The molecule has 0 unspecified atom stereocenters. The van der Waals surface area contributed by atoms with Crippen molar-refractivity contribution in [3.63, 3.8) is 0 Å². The number of amides is 1. The predicted molar refractivity (Wildman–Crippen MR) is 77.7 cm³/mol. The molecule has 0 aromatic heterocycles. The van der Waals surface area contributed by atoms with Crippen LogP contribution in [0.5, 0.6) is 0 Å². The summed E-state index contributed by atoms with van der Waals surface area (Å²) in [6.45, 7) is 2.77. The molecule has 0 aliphatic carbocycles. The Labute approximate surface area is 127 Å². The first-order valence-corrected chi connectivity index (χ1v) is 6.96. The van der Waals surface area contributed by atoms with E-state index in [0.29, 0.717) is 43.3 Å². The van der Waals surface area contributed by atoms with Crippen LogP contribution >= 0.6 is 11.6 Å². The molecule has 1 saturated heterocycles. The van der Waals surface area contributed by atoms with E-state index in [1.807, 2.05) is 0 Å². The van der Waals surface area contributed by atoms with Crippen LogP contribution in [0.2, 0.25) is 5.02 Å². The summed E-state index contributed by atoms with van der Waals surface area (Å²) in [5.74, 6) is -0.420. The van der Waals surface area contributed by atoms with E-state index in [1.54, 1.807) is 18.2 Å². The van der Waals surface area contributed by atoms with Crippen molar-refractivity contribution in [2.45, 2.75) is 6.54 Å². The van der Waals surface area contributed by atoms with Gasteiger partial charge in [-0.1, -0.05) is 17.7 Å². The van der Waals surface area contributed by atoms with Gasteiger partial charge in [0.2, 0.25) is 0 Å². The van der Waals surface area contributed by atoms with Gasteiger partial charge in [0.15, 0.2) is 0 Å². The molecule has 21 heavy (non-hydrogen) atoms. The Bertz CT molecular complexity index is 542. The fourth-order valence-electron chi connectivity index (χ4n) is 2.32. The molecule has 1 amide bonds. The van der Waals surface area contributed by atoms with Crippen LogP contribution < -0.4 is 0 Å². The second-order valence-corrected chi connectivity index (χ2v) is 5.28. The molecule has 114 valence electrons. The van der Waals surface area contributed by atoms with Gasteiger partial charge in [-0.25, -0.2) is 9.59 Å². The number of ether oxygens (including phenoxy) is 1. The quantitative estimate of drug-likeness (QED) is 0.864. The van der Waals surface area contributed by atoms with Gasteiger partial charge in [0.25, 0.3) is 0 Å². The summed E-state index contributed by atoms with van der Waals surface area (Å²) < 4.78 is 4.77. The van der Waals surface area contributed by atoms with Crippen LogP contribution in [-0.2, 0) is 11.3 Å². The second-order valence-electron chi connectivity index (χ2n) is 4.84. The molecule has 0 bridgehead atoms. The molecule has 1 fully saturated rings. The molecule has 0 radical (unpaired) electrons. The summed E-state index contributed by atoms with van der Waals surface area (Å²) in [5.41, 5.74) is 1.28. The van der Waals surface area contributed by atoms with Crippen molar-refractivity contribution in [2.24, 2.45) is 0 Å². The van der Waals surface area contributed by atoms with Crippen LogP contribution in [0, 0.1) is 0 Å². The van der Waals surface area contributed by atoms with Gasteiger partial charge in [-0.3, -0.25) is 4.90 Å². The van der Waals surface area contributed by atoms with Crippen molar-refractivity contribution < 1.29 is 19.4 Å². The van der Waals surface area contributed by atoms with Crippen LogP contribution in [0.15, 0.2) is 18.2 Å². The number of benzene rings is 1. The summed E-state index contributed by atoms with van der Waals surface area (Å²) in [4.78, 5) is 26.1. The second kappa shape index (κ2) is 6.78. The normalized spacial score (nSPS) is 15.8. The molecule has 7 heteroatoms. The average molecular weight is 313 g/mol. The number of esters is 1. The number of halogens is 1. The minimum Gasteiger partial charge on any atom is -0.465 e. The first kappa shape index (κ1) is 15.6. The molecule has 1 aliphatic rings. The first-order chi connectivity index (χ1) is 10.0. The Kier molecular flexibility index (Phi) is 5.03. The highest BCUT2D eigenvalue weighted by Gasteiger charge is 2.22. The van der Waals surface area contributed by atoms with E-state index in [0.717, 1.165) is 5.56 Å². The number of carbonyl (C=O) groups excluding carboxylic acids is 1. The van der Waals surface area contributed by atoms with Gasteiger partial charge in [0.1, 0.15) is 0 Å². The predicted octanol–water partition coefficient (Wildman–Crippen LogP) is 1.92. The van der Waals surface area contributed by atoms with Crippen molar-refractivity contribution in [2.75, 3.05) is 33.3 Å². The lowest BCUT2D eigenvalue weighted by atomic mass is 10.1. The van der Waals surface area contributed by atoms with E-state index in [9.17, 15) is 9.59 Å². The monoisotopic (exact) mass is 312 g/mol. The molecule has 1 aromatic carbocycles. The molecule has 1 aromatic rings. The minimum atomic E-state index is -0.892. The zero-order valence-corrected chi connectivity index (χ0v) is 12.5. The number of nitrogens with zero attached hydrogens (tertiary/aromatic N) is 2. The summed E-state index contributed by atoms with van der Waals surface area (Å²) in [6.07, 6.45) is -0.892. The summed E-state index contributed by atoms with van der Waals surface area (Å²) in [7, 11) is 1.33. The van der Waals surface area contributed by atoms with Crippen LogP contribution in [0.1, 0.15) is 15.9 Å². The molecule has 0 atom stereocenters. The highest BCUT2D eigenvalue weighted by Crippen LogP contribution is 2.19. The summed E-state index contributed by atoms with van der Waals surface area (Å²) in [5, 5.41) is 9.41. The summed E-state index contributed by atoms with van der Waals surface area (Å²) >= 11 is 5.92. The van der Waals surface area contributed by atoms with E-state index in [1.165, 1.54) is 12.0 Å². The summed E-state index contributed by atoms with van der Waals surface area (Å²) in [6, 6.07) is 5.13. The molecule has 1 heterocycles. The van der Waals surface area contributed by atoms with Crippen molar-refractivity contribution in [1.82, 2.24) is 9.80 Å². The highest BCUT2D eigenvalue weighted by atomic mass is 35.5. The third-order valence-corrected chi connectivity index (χ3v) is 3.75. The van der Waals surface area contributed by atoms with Gasteiger partial charge in [-0.15, -0.1) is 0 Å². The number of hydrogen-bond acceptors (Lipinski definition) is 4. The average Bonchev–Trinajstić information content (AvgIpc) is 2.48. The van der Waals surface area contributed by atoms with Gasteiger partial charge in [0, 0.05) is 37.7 Å². The molecule has 1 aliphatic heterocycles. The van der Waals surface area contributed by atoms with E-state index < -0.39 is 12.1 Å². The van der Waals surface area contributed by atoms with E-state index in [4.69, 9.17) is 21.4 Å². The Morgan fingerprint density at radius 1 is 1.29 bits per heavy atom. The van der Waals surface area contributed by atoms with E-state index in [2.05, 4.69) is 4.90 Å². The van der Waals surface area contributed by atoms with Crippen LogP contribution in [0.3, 0.4) is 0 Å². The van der Waals surface area contributed by atoms with Gasteiger partial charge in [-0.05, 0) is 17.7 Å². The number of hydrogen-bond donors (Lipinski definition) is 1. The Hall–Kier alpha value is -1.79. The zero-order valence-electron chi connectivity index (χ0n) is 11.7. The van der Waals surface area contributed by atoms with Crippen molar-refractivity contribution in [3.05, 3.63) is 34.3 Å². The van der Waals surface area contributed by atoms with Crippen LogP contribution in [-0.4, -0.2) is 60.3 Å². The number of carboxylic acid groups (broad SMARTS) is 1. The number of carbonyl (C=O) groups is 2. The smallest absolute Gasteiger partial charge is 0.407 e. The fourth-order valence-corrected chi connectivity index (χ4v) is 2.50. The number of methoxy groups -OCH3 is 1. The lowest BCUT2D eigenvalue weighted by Gasteiger charge is -2.33. The maximum Gasteiger partial charge on any atom is 0.407 e. The molecule has 6 nitrogen and oxygen atoms in total. The first-order valence-electron chi connectivity index (χ1n) is 6.58. The molecular weight excluding hydrogens is 296 g/mol. The number of rotatable bonds is 3. The maximum atomic E-state index is 11.8. The maximum absolute atomic E-state index is 11.8. The fraction of sp³-hybridized carbons (Fsp3) is 0.429. The Morgan fingerprint density at radius 3 is 2.52 bits per heavy atom. The third kappa shape index (κ3) is 3.86. The van der Waals surface area contributed by atoms with E-state index in [-0.39, 0.29) is 0 Å². The van der Waals surface area contributed by atoms with Crippen molar-refractivity contribution in [1.29, 1.82) is 0 Å². The van der Waals surface area contributed by atoms with Crippen LogP contribution in [0.25, 0.3) is 0 Å². The minimum absolute atomic E-state index is 0.420. The highest BCUT2D eigenvalue weighted by molar-refractivity contribution is 6.31. The van der Waals surface area contributed by atoms with Gasteiger partial charge in [-0.2, -0.15) is 0 Å². The topological polar surface area (TPSA) is 70.1 Å². The lowest BCUT2D eigenvalue weighted by Crippen LogP contribution is -2.47. The van der Waals surface area contributed by atoms with Gasteiger partial charge >= 0.3 is 12.1 Å². The molecule has 1 N–H and O–H groups in total. The molecule has 0 spiro atoms. The molecule has 0 saturated carbocycles. The lowest BCUT2D eigenvalue weighted by molar-refractivity contribution is 0.0597. The Morgan fingerprint density at radius 2 is 1.95 bits per heavy atom. The largest absolute Gasteiger partial charge is 0.465 e. The third-order valence-electron chi connectivity index (χ3n) is 3.51. The van der Waals surface area contributed by atoms with E-state index >= 15 is 0 Å². The van der Waals surface area contributed by atoms with Gasteiger partial charge in [0.05, 0.1) is 12.7 Å².